The van der Waals surface area contributed by atoms with E-state index in [2.05, 4.69) is 4.90 Å². The summed E-state index contributed by atoms with van der Waals surface area (Å²) >= 11 is 0. The number of carbonyl (C=O) groups excluding carboxylic acids is 1. The highest BCUT2D eigenvalue weighted by atomic mass is 16.5. The van der Waals surface area contributed by atoms with Crippen LogP contribution < -0.4 is 5.73 Å². The highest BCUT2D eigenvalue weighted by Crippen LogP contribution is 2.36. The van der Waals surface area contributed by atoms with Gasteiger partial charge in [0.15, 0.2) is 0 Å². The molecule has 4 nitrogen and oxygen atoms in total. The molecule has 2 bridgehead atoms. The highest BCUT2D eigenvalue weighted by molar-refractivity contribution is 5.78. The van der Waals surface area contributed by atoms with Crippen LogP contribution in [0.25, 0.3) is 0 Å². The predicted molar refractivity (Wildman–Crippen MR) is 66.6 cm³/mol. The lowest BCUT2D eigenvalue weighted by Gasteiger charge is -2.39. The second-order valence-electron chi connectivity index (χ2n) is 6.06. The van der Waals surface area contributed by atoms with Crippen LogP contribution in [-0.4, -0.2) is 41.6 Å². The normalized spacial score (nSPS) is 32.9. The van der Waals surface area contributed by atoms with Crippen LogP contribution in [-0.2, 0) is 9.53 Å². The van der Waals surface area contributed by atoms with E-state index in [1.54, 1.807) is 7.11 Å². The van der Waals surface area contributed by atoms with E-state index in [4.69, 9.17) is 10.5 Å². The van der Waals surface area contributed by atoms with E-state index >= 15 is 0 Å². The third-order valence-electron chi connectivity index (χ3n) is 4.19. The molecule has 0 spiro atoms. The summed E-state index contributed by atoms with van der Waals surface area (Å²) in [4.78, 5) is 14.4. The molecule has 2 aliphatic rings. The number of hydrogen-bond donors (Lipinski definition) is 1. The molecule has 2 atom stereocenters. The number of hydrogen-bond acceptors (Lipinski definition) is 3. The summed E-state index contributed by atoms with van der Waals surface area (Å²) in [6.45, 7) is 3.92. The lowest BCUT2D eigenvalue weighted by atomic mass is 9.96. The molecule has 4 heteroatoms. The number of ether oxygens (including phenoxy) is 1. The fourth-order valence-corrected chi connectivity index (χ4v) is 3.15. The number of fused-ring (bicyclic) bond motifs is 2. The van der Waals surface area contributed by atoms with Gasteiger partial charge in [-0.2, -0.15) is 0 Å². The largest absolute Gasteiger partial charge is 0.378 e. The van der Waals surface area contributed by atoms with Crippen LogP contribution in [0.15, 0.2) is 0 Å². The zero-order valence-electron chi connectivity index (χ0n) is 11.1. The van der Waals surface area contributed by atoms with Gasteiger partial charge in [-0.15, -0.1) is 0 Å². The summed E-state index contributed by atoms with van der Waals surface area (Å²) in [5.41, 5.74) is 5.64. The molecule has 2 aliphatic heterocycles. The fraction of sp³-hybridized carbons (Fsp3) is 0.923. The van der Waals surface area contributed by atoms with Crippen molar-refractivity contribution in [2.45, 2.75) is 69.7 Å². The van der Waals surface area contributed by atoms with Crippen molar-refractivity contribution in [1.82, 2.24) is 4.90 Å². The molecule has 2 N–H and O–H groups in total. The number of carbonyl (C=O) groups is 1. The number of piperidine rings is 1. The van der Waals surface area contributed by atoms with Gasteiger partial charge in [-0.05, 0) is 39.5 Å². The van der Waals surface area contributed by atoms with Crippen LogP contribution >= 0.6 is 0 Å². The third kappa shape index (κ3) is 2.63. The van der Waals surface area contributed by atoms with E-state index < -0.39 is 0 Å². The first-order chi connectivity index (χ1) is 7.93. The topological polar surface area (TPSA) is 55.6 Å². The molecule has 1 amide bonds. The molecule has 0 saturated carbocycles. The molecule has 0 radical (unpaired) electrons. The second kappa shape index (κ2) is 4.58. The Morgan fingerprint density at radius 1 is 1.35 bits per heavy atom. The molecular weight excluding hydrogens is 216 g/mol. The van der Waals surface area contributed by atoms with Gasteiger partial charge < -0.3 is 15.4 Å². The molecular formula is C13H24N2O2. The van der Waals surface area contributed by atoms with Crippen molar-refractivity contribution in [3.05, 3.63) is 0 Å². The minimum atomic E-state index is -0.365. The molecule has 2 heterocycles. The molecule has 0 aromatic carbocycles. The van der Waals surface area contributed by atoms with E-state index in [-0.39, 0.29) is 17.6 Å². The monoisotopic (exact) mass is 240 g/mol. The molecule has 2 fully saturated rings. The molecule has 2 unspecified atom stereocenters. The Labute approximate surface area is 103 Å². The van der Waals surface area contributed by atoms with E-state index in [0.29, 0.717) is 18.5 Å². The maximum absolute atomic E-state index is 12.3. The smallest absolute Gasteiger partial charge is 0.225 e. The standard InChI is InChI=1S/C13H24N2O2/c1-13(2,17-3)8-12(16)15-10-4-5-11(15)7-9(14)6-10/h9-11H,4-8,14H2,1-3H3. The van der Waals surface area contributed by atoms with E-state index in [9.17, 15) is 4.79 Å². The summed E-state index contributed by atoms with van der Waals surface area (Å²) in [6, 6.07) is 1.04. The number of amides is 1. The molecule has 0 aromatic heterocycles. The fourth-order valence-electron chi connectivity index (χ4n) is 3.15. The molecule has 2 rings (SSSR count). The van der Waals surface area contributed by atoms with E-state index in [1.807, 2.05) is 13.8 Å². The number of nitrogens with two attached hydrogens (primary N) is 1. The van der Waals surface area contributed by atoms with Crippen molar-refractivity contribution in [3.63, 3.8) is 0 Å². The molecule has 17 heavy (non-hydrogen) atoms. The molecule has 2 saturated heterocycles. The Hall–Kier alpha value is -0.610. The SMILES string of the molecule is COC(C)(C)CC(=O)N1C2CCC1CC(N)C2. The average molecular weight is 240 g/mol. The van der Waals surface area contributed by atoms with Gasteiger partial charge in [-0.1, -0.05) is 0 Å². The van der Waals surface area contributed by atoms with Crippen LogP contribution in [0, 0.1) is 0 Å². The predicted octanol–water partition coefficient (Wildman–Crippen LogP) is 1.28. The Kier molecular flexibility index (Phi) is 3.46. The van der Waals surface area contributed by atoms with Gasteiger partial charge in [0.2, 0.25) is 5.91 Å². The molecule has 98 valence electrons. The van der Waals surface area contributed by atoms with Gasteiger partial charge >= 0.3 is 0 Å². The number of methoxy groups -OCH3 is 1. The Balaban J connectivity index is 2.01. The Morgan fingerprint density at radius 2 is 1.88 bits per heavy atom. The number of rotatable bonds is 3. The average Bonchev–Trinajstić information content (AvgIpc) is 2.51. The van der Waals surface area contributed by atoms with Crippen molar-refractivity contribution >= 4 is 5.91 Å². The summed E-state index contributed by atoms with van der Waals surface area (Å²) in [6.07, 6.45) is 4.64. The van der Waals surface area contributed by atoms with Crippen molar-refractivity contribution in [2.75, 3.05) is 7.11 Å². The lowest BCUT2D eigenvalue weighted by Crippen LogP contribution is -2.51. The van der Waals surface area contributed by atoms with Crippen molar-refractivity contribution in [1.29, 1.82) is 0 Å². The van der Waals surface area contributed by atoms with Crippen LogP contribution in [0.1, 0.15) is 46.0 Å². The first-order valence-corrected chi connectivity index (χ1v) is 6.55. The van der Waals surface area contributed by atoms with E-state index in [1.165, 1.54) is 0 Å². The maximum Gasteiger partial charge on any atom is 0.225 e. The quantitative estimate of drug-likeness (QED) is 0.808. The minimum Gasteiger partial charge on any atom is -0.378 e. The van der Waals surface area contributed by atoms with Gasteiger partial charge in [0.05, 0.1) is 12.0 Å². The van der Waals surface area contributed by atoms with Gasteiger partial charge in [0.25, 0.3) is 0 Å². The van der Waals surface area contributed by atoms with Crippen LogP contribution in [0.2, 0.25) is 0 Å². The Bertz CT molecular complexity index is 290. The van der Waals surface area contributed by atoms with Crippen LogP contribution in [0.5, 0.6) is 0 Å². The summed E-state index contributed by atoms with van der Waals surface area (Å²) in [5.74, 6) is 0.233. The van der Waals surface area contributed by atoms with Crippen LogP contribution in [0.3, 0.4) is 0 Å². The third-order valence-corrected chi connectivity index (χ3v) is 4.19. The first kappa shape index (κ1) is 12.8. The summed E-state index contributed by atoms with van der Waals surface area (Å²) < 4.78 is 5.34. The van der Waals surface area contributed by atoms with Gasteiger partial charge in [-0.25, -0.2) is 0 Å². The van der Waals surface area contributed by atoms with Gasteiger partial charge in [0, 0.05) is 25.2 Å². The lowest BCUT2D eigenvalue weighted by molar-refractivity contribution is -0.141. The zero-order valence-corrected chi connectivity index (χ0v) is 11.1. The van der Waals surface area contributed by atoms with E-state index in [0.717, 1.165) is 25.7 Å². The van der Waals surface area contributed by atoms with Crippen molar-refractivity contribution in [3.8, 4) is 0 Å². The van der Waals surface area contributed by atoms with Crippen molar-refractivity contribution < 1.29 is 9.53 Å². The first-order valence-electron chi connectivity index (χ1n) is 6.55. The summed E-state index contributed by atoms with van der Waals surface area (Å²) in [7, 11) is 1.66. The van der Waals surface area contributed by atoms with Crippen LogP contribution in [0.4, 0.5) is 0 Å². The van der Waals surface area contributed by atoms with Gasteiger partial charge in [0.1, 0.15) is 0 Å². The molecule has 0 aliphatic carbocycles. The zero-order chi connectivity index (χ0) is 12.6. The summed E-state index contributed by atoms with van der Waals surface area (Å²) in [5, 5.41) is 0. The maximum atomic E-state index is 12.3. The number of nitrogens with zero attached hydrogens (tertiary/aromatic N) is 1. The van der Waals surface area contributed by atoms with Crippen molar-refractivity contribution in [2.24, 2.45) is 5.73 Å². The van der Waals surface area contributed by atoms with Gasteiger partial charge in [-0.3, -0.25) is 4.79 Å². The second-order valence-corrected chi connectivity index (χ2v) is 6.06. The Morgan fingerprint density at radius 3 is 2.35 bits per heavy atom. The minimum absolute atomic E-state index is 0.233. The highest BCUT2D eigenvalue weighted by Gasteiger charge is 2.43. The molecule has 0 aromatic rings.